The highest BCUT2D eigenvalue weighted by molar-refractivity contribution is 9.11. The molecule has 1 N–H and O–H groups in total. The molecule has 134 valence electrons. The van der Waals surface area contributed by atoms with Crippen LogP contribution in [0.15, 0.2) is 27.2 Å². The van der Waals surface area contributed by atoms with Gasteiger partial charge in [0.15, 0.2) is 0 Å². The molecule has 1 aromatic rings. The Hall–Kier alpha value is -0.810. The monoisotopic (exact) mass is 467 g/mol. The molecule has 4 aliphatic carbocycles. The molecule has 4 aliphatic rings. The van der Waals surface area contributed by atoms with Crippen molar-refractivity contribution >= 4 is 43.8 Å². The molecule has 3 nitrogen and oxygen atoms in total. The fourth-order valence-electron chi connectivity index (χ4n) is 5.65. The van der Waals surface area contributed by atoms with Gasteiger partial charge in [0, 0.05) is 21.7 Å². The molecular formula is C20H23Br2NO2. The molecule has 4 fully saturated rings. The number of carbonyl (C=O) groups excluding carboxylic acids is 1. The predicted octanol–water partition coefficient (Wildman–Crippen LogP) is 5.32. The summed E-state index contributed by atoms with van der Waals surface area (Å²) in [7, 11) is 1.64. The van der Waals surface area contributed by atoms with E-state index in [9.17, 15) is 4.79 Å². The quantitative estimate of drug-likeness (QED) is 0.607. The number of carbonyl (C=O) groups is 1. The van der Waals surface area contributed by atoms with Crippen LogP contribution in [0.3, 0.4) is 0 Å². The molecule has 0 heterocycles. The number of rotatable bonds is 4. The van der Waals surface area contributed by atoms with E-state index in [2.05, 4.69) is 37.2 Å². The lowest BCUT2D eigenvalue weighted by molar-refractivity contribution is -0.122. The van der Waals surface area contributed by atoms with Crippen LogP contribution in [-0.2, 0) is 4.79 Å². The molecule has 5 rings (SSSR count). The van der Waals surface area contributed by atoms with Crippen LogP contribution < -0.4 is 10.1 Å². The molecule has 25 heavy (non-hydrogen) atoms. The minimum Gasteiger partial charge on any atom is -0.495 e. The normalized spacial score (nSPS) is 33.0. The molecule has 0 radical (unpaired) electrons. The third-order valence-corrected chi connectivity index (χ3v) is 7.13. The lowest BCUT2D eigenvalue weighted by atomic mass is 9.53. The Morgan fingerprint density at radius 1 is 1.16 bits per heavy atom. The molecule has 0 unspecified atom stereocenters. The van der Waals surface area contributed by atoms with E-state index in [1.807, 2.05) is 18.2 Å². The van der Waals surface area contributed by atoms with Gasteiger partial charge in [-0.15, -0.1) is 0 Å². The topological polar surface area (TPSA) is 38.3 Å². The van der Waals surface area contributed by atoms with Crippen molar-refractivity contribution in [1.82, 2.24) is 5.32 Å². The van der Waals surface area contributed by atoms with Crippen molar-refractivity contribution in [3.63, 3.8) is 0 Å². The van der Waals surface area contributed by atoms with Gasteiger partial charge in [-0.2, -0.15) is 0 Å². The first-order valence-corrected chi connectivity index (χ1v) is 10.6. The SMILES string of the molecule is COc1c(Br)cc(Br)cc1/C=C/C(=O)NC12CC3CC(CC(C3)C1)C2. The molecule has 0 atom stereocenters. The van der Waals surface area contributed by atoms with E-state index in [1.165, 1.54) is 38.5 Å². The fourth-order valence-corrected chi connectivity index (χ4v) is 7.07. The zero-order valence-electron chi connectivity index (χ0n) is 14.4. The van der Waals surface area contributed by atoms with Gasteiger partial charge in [0.1, 0.15) is 5.75 Å². The summed E-state index contributed by atoms with van der Waals surface area (Å²) in [6.07, 6.45) is 11.1. The number of hydrogen-bond donors (Lipinski definition) is 1. The fraction of sp³-hybridized carbons (Fsp3) is 0.550. The van der Waals surface area contributed by atoms with Gasteiger partial charge in [-0.25, -0.2) is 0 Å². The standard InChI is InChI=1S/C20H23Br2NO2/c1-25-19-15(7-16(21)8-17(19)22)2-3-18(24)23-20-9-12-4-13(10-20)6-14(5-12)11-20/h2-3,7-8,12-14H,4-6,9-11H2,1H3,(H,23,24)/b3-2+. The maximum absolute atomic E-state index is 12.6. The number of benzene rings is 1. The molecule has 1 amide bonds. The second kappa shape index (κ2) is 6.73. The molecule has 0 aromatic heterocycles. The van der Waals surface area contributed by atoms with Crippen LogP contribution in [0.5, 0.6) is 5.75 Å². The van der Waals surface area contributed by atoms with Gasteiger partial charge in [0.2, 0.25) is 5.91 Å². The largest absolute Gasteiger partial charge is 0.495 e. The Kier molecular flexibility index (Phi) is 4.74. The summed E-state index contributed by atoms with van der Waals surface area (Å²) in [4.78, 5) is 12.6. The van der Waals surface area contributed by atoms with E-state index >= 15 is 0 Å². The highest BCUT2D eigenvalue weighted by atomic mass is 79.9. The van der Waals surface area contributed by atoms with Gasteiger partial charge in [0.05, 0.1) is 11.6 Å². The zero-order chi connectivity index (χ0) is 17.6. The van der Waals surface area contributed by atoms with Crippen LogP contribution in [0.25, 0.3) is 6.08 Å². The first-order chi connectivity index (χ1) is 12.0. The number of ether oxygens (including phenoxy) is 1. The Morgan fingerprint density at radius 2 is 1.76 bits per heavy atom. The van der Waals surface area contributed by atoms with E-state index in [0.29, 0.717) is 0 Å². The van der Waals surface area contributed by atoms with E-state index < -0.39 is 0 Å². The van der Waals surface area contributed by atoms with Crippen molar-refractivity contribution < 1.29 is 9.53 Å². The van der Waals surface area contributed by atoms with E-state index in [-0.39, 0.29) is 11.4 Å². The second-order valence-electron chi connectivity index (χ2n) is 8.03. The summed E-state index contributed by atoms with van der Waals surface area (Å²) in [6.45, 7) is 0. The van der Waals surface area contributed by atoms with Crippen molar-refractivity contribution in [3.05, 3.63) is 32.7 Å². The smallest absolute Gasteiger partial charge is 0.244 e. The average molecular weight is 469 g/mol. The zero-order valence-corrected chi connectivity index (χ0v) is 17.5. The maximum atomic E-state index is 12.6. The van der Waals surface area contributed by atoms with Crippen LogP contribution in [0.2, 0.25) is 0 Å². The van der Waals surface area contributed by atoms with E-state index in [1.54, 1.807) is 13.2 Å². The number of amides is 1. The molecule has 5 heteroatoms. The Bertz CT molecular complexity index is 693. The van der Waals surface area contributed by atoms with E-state index in [0.717, 1.165) is 38.0 Å². The molecule has 4 bridgehead atoms. The summed E-state index contributed by atoms with van der Waals surface area (Å²) in [6, 6.07) is 3.89. The van der Waals surface area contributed by atoms with Crippen molar-refractivity contribution in [1.29, 1.82) is 0 Å². The molecule has 1 aromatic carbocycles. The molecule has 0 saturated heterocycles. The predicted molar refractivity (Wildman–Crippen MR) is 106 cm³/mol. The summed E-state index contributed by atoms with van der Waals surface area (Å²) < 4.78 is 7.26. The molecule has 0 spiro atoms. The highest BCUT2D eigenvalue weighted by Gasteiger charge is 2.51. The van der Waals surface area contributed by atoms with Crippen LogP contribution in [0.4, 0.5) is 0 Å². The van der Waals surface area contributed by atoms with Crippen LogP contribution in [0, 0.1) is 17.8 Å². The summed E-state index contributed by atoms with van der Waals surface area (Å²) in [5, 5.41) is 3.37. The van der Waals surface area contributed by atoms with Gasteiger partial charge in [-0.1, -0.05) is 15.9 Å². The lowest BCUT2D eigenvalue weighted by Gasteiger charge is -2.56. The van der Waals surface area contributed by atoms with Gasteiger partial charge in [-0.05, 0) is 90.4 Å². The van der Waals surface area contributed by atoms with Crippen molar-refractivity contribution in [2.75, 3.05) is 7.11 Å². The third kappa shape index (κ3) is 3.55. The van der Waals surface area contributed by atoms with Crippen molar-refractivity contribution in [3.8, 4) is 5.75 Å². The maximum Gasteiger partial charge on any atom is 0.244 e. The molecular weight excluding hydrogens is 446 g/mol. The van der Waals surface area contributed by atoms with E-state index in [4.69, 9.17) is 4.74 Å². The second-order valence-corrected chi connectivity index (χ2v) is 9.80. The third-order valence-electron chi connectivity index (χ3n) is 6.08. The van der Waals surface area contributed by atoms with Gasteiger partial charge in [-0.3, -0.25) is 4.79 Å². The van der Waals surface area contributed by atoms with Gasteiger partial charge in [0.25, 0.3) is 0 Å². The highest BCUT2D eigenvalue weighted by Crippen LogP contribution is 2.55. The number of methoxy groups -OCH3 is 1. The summed E-state index contributed by atoms with van der Waals surface area (Å²) >= 11 is 6.99. The first-order valence-electron chi connectivity index (χ1n) is 8.99. The summed E-state index contributed by atoms with van der Waals surface area (Å²) in [5.41, 5.74) is 0.933. The Balaban J connectivity index is 1.49. The van der Waals surface area contributed by atoms with Crippen molar-refractivity contribution in [2.45, 2.75) is 44.1 Å². The van der Waals surface area contributed by atoms with Gasteiger partial charge < -0.3 is 10.1 Å². The molecule has 4 saturated carbocycles. The number of halogens is 2. The number of nitrogens with one attached hydrogen (secondary N) is 1. The van der Waals surface area contributed by atoms with Crippen LogP contribution in [0.1, 0.15) is 44.1 Å². The minimum atomic E-state index is 0.0140. The Labute approximate surface area is 165 Å². The summed E-state index contributed by atoms with van der Waals surface area (Å²) in [5.74, 6) is 3.24. The van der Waals surface area contributed by atoms with Gasteiger partial charge >= 0.3 is 0 Å². The minimum absolute atomic E-state index is 0.0140. The van der Waals surface area contributed by atoms with Crippen LogP contribution >= 0.6 is 31.9 Å². The number of hydrogen-bond acceptors (Lipinski definition) is 2. The molecule has 0 aliphatic heterocycles. The average Bonchev–Trinajstić information content (AvgIpc) is 2.50. The van der Waals surface area contributed by atoms with Crippen LogP contribution in [-0.4, -0.2) is 18.6 Å². The Morgan fingerprint density at radius 3 is 2.32 bits per heavy atom. The van der Waals surface area contributed by atoms with Crippen molar-refractivity contribution in [2.24, 2.45) is 17.8 Å². The lowest BCUT2D eigenvalue weighted by Crippen LogP contribution is -2.59. The first kappa shape index (κ1) is 17.6.